The van der Waals surface area contributed by atoms with Crippen LogP contribution >= 0.6 is 0 Å². The molecule has 0 spiro atoms. The molecule has 0 bridgehead atoms. The molecule has 1 unspecified atom stereocenters. The van der Waals surface area contributed by atoms with Crippen molar-refractivity contribution in [3.63, 3.8) is 0 Å². The first kappa shape index (κ1) is 16.6. The largest absolute Gasteiger partial charge is 0.385 e. The van der Waals surface area contributed by atoms with Gasteiger partial charge in [-0.1, -0.05) is 49.4 Å². The third kappa shape index (κ3) is 4.11. The first-order chi connectivity index (χ1) is 10.7. The highest BCUT2D eigenvalue weighted by Gasteiger charge is 2.15. The van der Waals surface area contributed by atoms with Crippen molar-refractivity contribution in [3.8, 4) is 0 Å². The summed E-state index contributed by atoms with van der Waals surface area (Å²) in [6.07, 6.45) is 0. The fourth-order valence-corrected chi connectivity index (χ4v) is 2.83. The van der Waals surface area contributed by atoms with Crippen molar-refractivity contribution in [1.29, 1.82) is 0 Å². The Kier molecular flexibility index (Phi) is 6.02. The van der Waals surface area contributed by atoms with Crippen LogP contribution in [-0.2, 0) is 6.54 Å². The molecule has 2 rings (SSSR count). The van der Waals surface area contributed by atoms with Gasteiger partial charge in [0, 0.05) is 24.8 Å². The molecule has 0 aromatic heterocycles. The van der Waals surface area contributed by atoms with Gasteiger partial charge >= 0.3 is 0 Å². The number of hydrogen-bond donors (Lipinski definition) is 1. The zero-order chi connectivity index (χ0) is 15.9. The summed E-state index contributed by atoms with van der Waals surface area (Å²) in [6, 6.07) is 17.9. The molecule has 0 amide bonds. The highest BCUT2D eigenvalue weighted by atomic mass is 15.1. The van der Waals surface area contributed by atoms with E-state index in [0.717, 1.165) is 19.6 Å². The minimum atomic E-state index is 0.406. The first-order valence-corrected chi connectivity index (χ1v) is 8.28. The summed E-state index contributed by atoms with van der Waals surface area (Å²) in [7, 11) is 0. The second kappa shape index (κ2) is 8.00. The van der Waals surface area contributed by atoms with Crippen LogP contribution in [0.5, 0.6) is 0 Å². The molecule has 22 heavy (non-hydrogen) atoms. The Morgan fingerprint density at radius 1 is 1.05 bits per heavy atom. The molecule has 0 saturated carbocycles. The highest BCUT2D eigenvalue weighted by molar-refractivity contribution is 5.53. The third-order valence-electron chi connectivity index (χ3n) is 4.29. The van der Waals surface area contributed by atoms with Crippen molar-refractivity contribution >= 4 is 5.69 Å². The minimum absolute atomic E-state index is 0.406. The maximum atomic E-state index is 3.46. The van der Waals surface area contributed by atoms with Crippen LogP contribution in [0.25, 0.3) is 0 Å². The molecule has 2 aromatic carbocycles. The van der Waals surface area contributed by atoms with Crippen LogP contribution in [0, 0.1) is 6.92 Å². The molecule has 0 aliphatic heterocycles. The second-order valence-corrected chi connectivity index (χ2v) is 5.83. The molecule has 2 aromatic rings. The van der Waals surface area contributed by atoms with Crippen LogP contribution in [0.1, 0.15) is 43.5 Å². The maximum absolute atomic E-state index is 3.46. The number of anilines is 1. The fraction of sp³-hybridized carbons (Fsp3) is 0.400. The van der Waals surface area contributed by atoms with Gasteiger partial charge in [-0.3, -0.25) is 4.90 Å². The lowest BCUT2D eigenvalue weighted by Crippen LogP contribution is -2.26. The molecule has 2 heteroatoms. The Morgan fingerprint density at radius 2 is 1.77 bits per heavy atom. The van der Waals surface area contributed by atoms with Crippen LogP contribution < -0.4 is 5.32 Å². The van der Waals surface area contributed by atoms with Gasteiger partial charge in [-0.2, -0.15) is 0 Å². The summed E-state index contributed by atoms with van der Waals surface area (Å²) in [4.78, 5) is 2.51. The van der Waals surface area contributed by atoms with Crippen molar-refractivity contribution in [2.24, 2.45) is 0 Å². The van der Waals surface area contributed by atoms with Gasteiger partial charge in [0.05, 0.1) is 0 Å². The van der Waals surface area contributed by atoms with Crippen molar-refractivity contribution in [1.82, 2.24) is 4.90 Å². The quantitative estimate of drug-likeness (QED) is 0.772. The van der Waals surface area contributed by atoms with Crippen molar-refractivity contribution < 1.29 is 0 Å². The predicted molar refractivity (Wildman–Crippen MR) is 96.3 cm³/mol. The summed E-state index contributed by atoms with van der Waals surface area (Å²) in [5, 5.41) is 3.46. The number of nitrogens with zero attached hydrogens (tertiary/aromatic N) is 1. The molecule has 0 heterocycles. The highest BCUT2D eigenvalue weighted by Crippen LogP contribution is 2.26. The van der Waals surface area contributed by atoms with Gasteiger partial charge in [0.2, 0.25) is 0 Å². The predicted octanol–water partition coefficient (Wildman–Crippen LogP) is 5.01. The monoisotopic (exact) mass is 296 g/mol. The molecule has 1 atom stereocenters. The molecule has 0 aliphatic rings. The molecular formula is C20H28N2. The Hall–Kier alpha value is -1.80. The Morgan fingerprint density at radius 3 is 2.41 bits per heavy atom. The molecule has 2 nitrogen and oxygen atoms in total. The first-order valence-electron chi connectivity index (χ1n) is 8.28. The van der Waals surface area contributed by atoms with E-state index in [1.54, 1.807) is 0 Å². The Labute approximate surface area is 135 Å². The number of hydrogen-bond acceptors (Lipinski definition) is 2. The number of benzene rings is 2. The van der Waals surface area contributed by atoms with E-state index in [1.807, 2.05) is 0 Å². The van der Waals surface area contributed by atoms with Crippen LogP contribution in [0.3, 0.4) is 0 Å². The minimum Gasteiger partial charge on any atom is -0.385 e. The summed E-state index contributed by atoms with van der Waals surface area (Å²) >= 11 is 0. The molecule has 1 N–H and O–H groups in total. The molecule has 0 fully saturated rings. The lowest BCUT2D eigenvalue weighted by atomic mass is 10.0. The van der Waals surface area contributed by atoms with Crippen LogP contribution in [0.15, 0.2) is 48.5 Å². The zero-order valence-corrected chi connectivity index (χ0v) is 14.3. The number of nitrogens with one attached hydrogen (secondary N) is 1. The van der Waals surface area contributed by atoms with Gasteiger partial charge in [-0.05, 0) is 50.1 Å². The molecule has 0 saturated heterocycles. The number of aryl methyl sites for hydroxylation is 1. The molecule has 0 aliphatic carbocycles. The van der Waals surface area contributed by atoms with Gasteiger partial charge in [0.25, 0.3) is 0 Å². The smallest absolute Gasteiger partial charge is 0.0373 e. The summed E-state index contributed by atoms with van der Waals surface area (Å²) < 4.78 is 0. The average molecular weight is 296 g/mol. The van der Waals surface area contributed by atoms with E-state index < -0.39 is 0 Å². The Balaban J connectivity index is 2.17. The van der Waals surface area contributed by atoms with Crippen molar-refractivity contribution in [2.75, 3.05) is 18.4 Å². The normalized spacial score (nSPS) is 12.4. The Bertz CT molecular complexity index is 578. The van der Waals surface area contributed by atoms with Gasteiger partial charge in [-0.25, -0.2) is 0 Å². The molecular weight excluding hydrogens is 268 g/mol. The van der Waals surface area contributed by atoms with Gasteiger partial charge in [0.1, 0.15) is 0 Å². The number of rotatable bonds is 7. The van der Waals surface area contributed by atoms with Gasteiger partial charge in [0.15, 0.2) is 0 Å². The summed E-state index contributed by atoms with van der Waals surface area (Å²) in [6.45, 7) is 11.8. The van der Waals surface area contributed by atoms with Crippen LogP contribution in [0.2, 0.25) is 0 Å². The third-order valence-corrected chi connectivity index (χ3v) is 4.29. The van der Waals surface area contributed by atoms with E-state index in [4.69, 9.17) is 0 Å². The SMILES string of the molecule is CCNc1cc(C(C)N(CC)Cc2ccccc2)ccc1C. The lowest BCUT2D eigenvalue weighted by molar-refractivity contribution is 0.213. The molecule has 118 valence electrons. The summed E-state index contributed by atoms with van der Waals surface area (Å²) in [5.41, 5.74) is 5.31. The van der Waals surface area contributed by atoms with Crippen LogP contribution in [0.4, 0.5) is 5.69 Å². The van der Waals surface area contributed by atoms with E-state index in [1.165, 1.54) is 22.4 Å². The molecule has 0 radical (unpaired) electrons. The van der Waals surface area contributed by atoms with Crippen molar-refractivity contribution in [2.45, 2.75) is 40.3 Å². The maximum Gasteiger partial charge on any atom is 0.0373 e. The van der Waals surface area contributed by atoms with Crippen LogP contribution in [-0.4, -0.2) is 18.0 Å². The van der Waals surface area contributed by atoms with E-state index in [0.29, 0.717) is 6.04 Å². The van der Waals surface area contributed by atoms with Gasteiger partial charge < -0.3 is 5.32 Å². The fourth-order valence-electron chi connectivity index (χ4n) is 2.83. The second-order valence-electron chi connectivity index (χ2n) is 5.83. The summed E-state index contributed by atoms with van der Waals surface area (Å²) in [5.74, 6) is 0. The van der Waals surface area contributed by atoms with E-state index in [-0.39, 0.29) is 0 Å². The van der Waals surface area contributed by atoms with E-state index in [2.05, 4.69) is 86.4 Å². The topological polar surface area (TPSA) is 15.3 Å². The average Bonchev–Trinajstić information content (AvgIpc) is 2.55. The van der Waals surface area contributed by atoms with E-state index in [9.17, 15) is 0 Å². The standard InChI is InChI=1S/C20H28N2/c1-5-21-20-14-19(13-12-16(20)3)17(4)22(6-2)15-18-10-8-7-9-11-18/h7-14,17,21H,5-6,15H2,1-4H3. The lowest BCUT2D eigenvalue weighted by Gasteiger charge is -2.29. The van der Waals surface area contributed by atoms with E-state index >= 15 is 0 Å². The van der Waals surface area contributed by atoms with Gasteiger partial charge in [-0.15, -0.1) is 0 Å². The zero-order valence-electron chi connectivity index (χ0n) is 14.3. The van der Waals surface area contributed by atoms with Crippen molar-refractivity contribution in [3.05, 3.63) is 65.2 Å².